The second-order valence-electron chi connectivity index (χ2n) is 4.68. The highest BCUT2D eigenvalue weighted by atomic mass is 35.5. The van der Waals surface area contributed by atoms with Gasteiger partial charge in [-0.3, -0.25) is 4.90 Å². The van der Waals surface area contributed by atoms with Crippen molar-refractivity contribution in [2.45, 2.75) is 19.5 Å². The highest BCUT2D eigenvalue weighted by Gasteiger charge is 2.19. The van der Waals surface area contributed by atoms with Crippen LogP contribution in [-0.4, -0.2) is 35.6 Å². The summed E-state index contributed by atoms with van der Waals surface area (Å²) in [7, 11) is 0. The molecule has 20 heavy (non-hydrogen) atoms. The predicted molar refractivity (Wildman–Crippen MR) is 87.1 cm³/mol. The maximum absolute atomic E-state index is 5.09. The summed E-state index contributed by atoms with van der Waals surface area (Å²) < 4.78 is 5.09. The molecule has 0 aliphatic carbocycles. The van der Waals surface area contributed by atoms with Gasteiger partial charge in [0.1, 0.15) is 11.3 Å². The van der Waals surface area contributed by atoms with Gasteiger partial charge in [-0.2, -0.15) is 0 Å². The molecule has 0 radical (unpaired) electrons. The first-order chi connectivity index (χ1) is 8.83. The lowest BCUT2D eigenvalue weighted by Gasteiger charge is -2.33. The molecule has 3 heterocycles. The van der Waals surface area contributed by atoms with Crippen LogP contribution in [0.3, 0.4) is 0 Å². The molecule has 1 fully saturated rings. The van der Waals surface area contributed by atoms with Gasteiger partial charge in [-0.1, -0.05) is 0 Å². The van der Waals surface area contributed by atoms with Gasteiger partial charge in [-0.05, 0) is 13.0 Å². The quantitative estimate of drug-likeness (QED) is 0.935. The maximum Gasteiger partial charge on any atom is 0.126 e. The van der Waals surface area contributed by atoms with Crippen molar-refractivity contribution in [2.24, 2.45) is 0 Å². The fourth-order valence-corrected chi connectivity index (χ4v) is 3.02. The van der Waals surface area contributed by atoms with Gasteiger partial charge < -0.3 is 9.73 Å². The van der Waals surface area contributed by atoms with E-state index in [0.717, 1.165) is 42.4 Å². The molecular formula is C13H19Cl2N3OS. The Kier molecular flexibility index (Phi) is 6.99. The van der Waals surface area contributed by atoms with Crippen LogP contribution >= 0.6 is 36.2 Å². The Balaban J connectivity index is 0.000001000. The third kappa shape index (κ3) is 3.96. The molecule has 0 amide bonds. The Morgan fingerprint density at radius 3 is 3.05 bits per heavy atom. The van der Waals surface area contributed by atoms with E-state index in [1.807, 2.05) is 6.07 Å². The molecule has 2 aromatic heterocycles. The van der Waals surface area contributed by atoms with E-state index in [-0.39, 0.29) is 24.8 Å². The zero-order valence-electron chi connectivity index (χ0n) is 11.2. The molecule has 7 heteroatoms. The van der Waals surface area contributed by atoms with Gasteiger partial charge in [0.25, 0.3) is 0 Å². The van der Waals surface area contributed by atoms with E-state index in [2.05, 4.69) is 27.5 Å². The van der Waals surface area contributed by atoms with Gasteiger partial charge in [0.15, 0.2) is 0 Å². The first kappa shape index (κ1) is 17.5. The van der Waals surface area contributed by atoms with Crippen molar-refractivity contribution < 1.29 is 4.42 Å². The zero-order valence-corrected chi connectivity index (χ0v) is 13.7. The summed E-state index contributed by atoms with van der Waals surface area (Å²) in [4.78, 5) is 7.15. The average molecular weight is 336 g/mol. The molecule has 112 valence electrons. The summed E-state index contributed by atoms with van der Waals surface area (Å²) in [5, 5.41) is 6.60. The van der Waals surface area contributed by atoms with Crippen molar-refractivity contribution in [3.63, 3.8) is 0 Å². The largest absolute Gasteiger partial charge is 0.472 e. The zero-order chi connectivity index (χ0) is 12.4. The molecule has 1 aliphatic heterocycles. The number of hydrogen-bond donors (Lipinski definition) is 1. The highest BCUT2D eigenvalue weighted by Crippen LogP contribution is 2.24. The molecule has 4 nitrogen and oxygen atoms in total. The Bertz CT molecular complexity index is 503. The van der Waals surface area contributed by atoms with Gasteiger partial charge in [0.2, 0.25) is 0 Å². The fraction of sp³-hybridized carbons (Fsp3) is 0.462. The Hall–Kier alpha value is -0.590. The van der Waals surface area contributed by atoms with E-state index in [1.54, 1.807) is 23.9 Å². The van der Waals surface area contributed by atoms with Gasteiger partial charge in [-0.15, -0.1) is 36.2 Å². The van der Waals surface area contributed by atoms with Crippen molar-refractivity contribution in [2.75, 3.05) is 19.6 Å². The normalized spacial score (nSPS) is 19.1. The number of piperazine rings is 1. The molecule has 0 saturated carbocycles. The van der Waals surface area contributed by atoms with Crippen LogP contribution in [0.25, 0.3) is 10.6 Å². The maximum atomic E-state index is 5.09. The van der Waals surface area contributed by atoms with E-state index < -0.39 is 0 Å². The van der Waals surface area contributed by atoms with Crippen LogP contribution in [0.15, 0.2) is 28.4 Å². The lowest BCUT2D eigenvalue weighted by molar-refractivity contribution is 0.164. The summed E-state index contributed by atoms with van der Waals surface area (Å²) in [5.74, 6) is 0. The summed E-state index contributed by atoms with van der Waals surface area (Å²) >= 11 is 1.68. The van der Waals surface area contributed by atoms with Crippen LogP contribution in [0.1, 0.15) is 12.6 Å². The summed E-state index contributed by atoms with van der Waals surface area (Å²) in [6.45, 7) is 6.44. The van der Waals surface area contributed by atoms with Crippen molar-refractivity contribution in [1.82, 2.24) is 15.2 Å². The molecule has 1 aliphatic rings. The number of hydrogen-bond acceptors (Lipinski definition) is 5. The average Bonchev–Trinajstić information content (AvgIpc) is 3.02. The number of halogens is 2. The molecule has 0 aromatic carbocycles. The summed E-state index contributed by atoms with van der Waals surface area (Å²) in [5.41, 5.74) is 2.23. The monoisotopic (exact) mass is 335 g/mol. The minimum Gasteiger partial charge on any atom is -0.472 e. The second-order valence-corrected chi connectivity index (χ2v) is 5.54. The van der Waals surface area contributed by atoms with Gasteiger partial charge in [0, 0.05) is 43.2 Å². The Morgan fingerprint density at radius 1 is 1.50 bits per heavy atom. The van der Waals surface area contributed by atoms with Crippen molar-refractivity contribution >= 4 is 36.2 Å². The SMILES string of the molecule is C[C@@H]1CNCCN1Cc1csc(-c2ccoc2)n1.Cl.Cl. The lowest BCUT2D eigenvalue weighted by atomic mass is 10.2. The van der Waals surface area contributed by atoms with Gasteiger partial charge in [-0.25, -0.2) is 4.98 Å². The molecule has 0 bridgehead atoms. The molecule has 1 atom stereocenters. The first-order valence-corrected chi connectivity index (χ1v) is 7.12. The lowest BCUT2D eigenvalue weighted by Crippen LogP contribution is -2.49. The van der Waals surface area contributed by atoms with Crippen LogP contribution in [0, 0.1) is 0 Å². The number of aromatic nitrogens is 1. The number of furan rings is 1. The van der Waals surface area contributed by atoms with E-state index in [4.69, 9.17) is 4.42 Å². The third-order valence-corrected chi connectivity index (χ3v) is 4.26. The van der Waals surface area contributed by atoms with E-state index in [1.165, 1.54) is 0 Å². The first-order valence-electron chi connectivity index (χ1n) is 6.24. The van der Waals surface area contributed by atoms with Crippen LogP contribution in [0.4, 0.5) is 0 Å². The van der Waals surface area contributed by atoms with Crippen molar-refractivity contribution in [3.8, 4) is 10.6 Å². The topological polar surface area (TPSA) is 41.3 Å². The molecule has 3 rings (SSSR count). The molecule has 1 N–H and O–H groups in total. The minimum atomic E-state index is 0. The number of rotatable bonds is 3. The minimum absolute atomic E-state index is 0. The van der Waals surface area contributed by atoms with E-state index in [0.29, 0.717) is 6.04 Å². The second kappa shape index (κ2) is 8.00. The van der Waals surface area contributed by atoms with Crippen molar-refractivity contribution in [3.05, 3.63) is 29.7 Å². The summed E-state index contributed by atoms with van der Waals surface area (Å²) in [6.07, 6.45) is 3.44. The summed E-state index contributed by atoms with van der Waals surface area (Å²) in [6, 6.07) is 2.54. The molecule has 0 unspecified atom stereocenters. The molecule has 2 aromatic rings. The van der Waals surface area contributed by atoms with Crippen LogP contribution < -0.4 is 5.32 Å². The number of nitrogens with zero attached hydrogens (tertiary/aromatic N) is 2. The van der Waals surface area contributed by atoms with Gasteiger partial charge in [0.05, 0.1) is 12.0 Å². The van der Waals surface area contributed by atoms with Crippen LogP contribution in [0.5, 0.6) is 0 Å². The fourth-order valence-electron chi connectivity index (χ4n) is 2.22. The Labute approximate surface area is 135 Å². The van der Waals surface area contributed by atoms with Gasteiger partial charge >= 0.3 is 0 Å². The van der Waals surface area contributed by atoms with E-state index in [9.17, 15) is 0 Å². The van der Waals surface area contributed by atoms with Crippen LogP contribution in [0.2, 0.25) is 0 Å². The molecular weight excluding hydrogens is 317 g/mol. The number of thiazole rings is 1. The smallest absolute Gasteiger partial charge is 0.126 e. The predicted octanol–water partition coefficient (Wildman–Crippen LogP) is 3.04. The highest BCUT2D eigenvalue weighted by molar-refractivity contribution is 7.13. The standard InChI is InChI=1S/C13H17N3OS.2ClH/c1-10-6-14-3-4-16(10)7-12-9-18-13(15-12)11-2-5-17-8-11;;/h2,5,8-10,14H,3-4,6-7H2,1H3;2*1H/t10-;;/m1../s1. The number of nitrogens with one attached hydrogen (secondary N) is 1. The molecule has 0 spiro atoms. The molecule has 1 saturated heterocycles. The van der Waals surface area contributed by atoms with E-state index >= 15 is 0 Å². The van der Waals surface area contributed by atoms with Crippen molar-refractivity contribution in [1.29, 1.82) is 0 Å². The van der Waals surface area contributed by atoms with Crippen LogP contribution in [-0.2, 0) is 6.54 Å². The Morgan fingerprint density at radius 2 is 2.35 bits per heavy atom. The third-order valence-electron chi connectivity index (χ3n) is 3.32.